The van der Waals surface area contributed by atoms with Crippen molar-refractivity contribution in [1.82, 2.24) is 0 Å². The van der Waals surface area contributed by atoms with E-state index < -0.39 is 0 Å². The molecule has 0 radical (unpaired) electrons. The quantitative estimate of drug-likeness (QED) is 0.563. The number of aryl methyl sites for hydroxylation is 1. The third kappa shape index (κ3) is 4.58. The summed E-state index contributed by atoms with van der Waals surface area (Å²) in [5.74, 6) is 3.16. The highest BCUT2D eigenvalue weighted by molar-refractivity contribution is 9.10. The molecule has 116 valence electrons. The summed E-state index contributed by atoms with van der Waals surface area (Å²) in [6.45, 7) is 0. The van der Waals surface area contributed by atoms with Crippen molar-refractivity contribution in [3.05, 3.63) is 34.3 Å². The van der Waals surface area contributed by atoms with Crippen LogP contribution in [0.3, 0.4) is 0 Å². The summed E-state index contributed by atoms with van der Waals surface area (Å²) in [4.78, 5) is 0. The lowest BCUT2D eigenvalue weighted by Gasteiger charge is -2.36. The van der Waals surface area contributed by atoms with Crippen LogP contribution in [0.15, 0.2) is 28.7 Å². The number of hydrogen-bond acceptors (Lipinski definition) is 0. The van der Waals surface area contributed by atoms with E-state index in [-0.39, 0.29) is 0 Å². The van der Waals surface area contributed by atoms with Crippen molar-refractivity contribution in [2.24, 2.45) is 17.8 Å². The molecule has 0 heterocycles. The number of halogens is 1. The first-order chi connectivity index (χ1) is 10.3. The van der Waals surface area contributed by atoms with Crippen molar-refractivity contribution in [1.29, 1.82) is 0 Å². The topological polar surface area (TPSA) is 0 Å². The van der Waals surface area contributed by atoms with Crippen molar-refractivity contribution >= 4 is 15.9 Å². The van der Waals surface area contributed by atoms with Crippen LogP contribution in [0.1, 0.15) is 69.8 Å². The van der Waals surface area contributed by atoms with E-state index in [9.17, 15) is 0 Å². The Hall–Kier alpha value is -0.300. The van der Waals surface area contributed by atoms with Crippen LogP contribution >= 0.6 is 15.9 Å². The highest BCUT2D eigenvalue weighted by Gasteiger charge is 2.28. The zero-order valence-electron chi connectivity index (χ0n) is 13.2. The number of rotatable bonds is 4. The smallest absolute Gasteiger partial charge is 0.0175 e. The molecule has 0 unspecified atom stereocenters. The molecule has 2 aliphatic carbocycles. The van der Waals surface area contributed by atoms with Crippen LogP contribution in [0, 0.1) is 17.8 Å². The maximum atomic E-state index is 3.52. The predicted octanol–water partition coefficient (Wildman–Crippen LogP) is 6.77. The Morgan fingerprint density at radius 1 is 0.762 bits per heavy atom. The van der Waals surface area contributed by atoms with Gasteiger partial charge in [-0.1, -0.05) is 73.0 Å². The van der Waals surface area contributed by atoms with Gasteiger partial charge in [0.25, 0.3) is 0 Å². The van der Waals surface area contributed by atoms with Crippen LogP contribution in [-0.4, -0.2) is 0 Å². The summed E-state index contributed by atoms with van der Waals surface area (Å²) in [6, 6.07) is 8.90. The third-order valence-electron chi connectivity index (χ3n) is 5.96. The zero-order chi connectivity index (χ0) is 14.5. The molecule has 0 nitrogen and oxygen atoms in total. The van der Waals surface area contributed by atoms with Gasteiger partial charge in [0.05, 0.1) is 0 Å². The van der Waals surface area contributed by atoms with Crippen molar-refractivity contribution in [2.45, 2.75) is 70.6 Å². The summed E-state index contributed by atoms with van der Waals surface area (Å²) >= 11 is 3.52. The highest BCUT2D eigenvalue weighted by Crippen LogP contribution is 2.40. The minimum Gasteiger partial charge on any atom is -0.0579 e. The molecule has 21 heavy (non-hydrogen) atoms. The molecule has 1 heteroatoms. The summed E-state index contributed by atoms with van der Waals surface area (Å²) in [5.41, 5.74) is 1.51. The first-order valence-electron chi connectivity index (χ1n) is 9.05. The normalized spacial score (nSPS) is 27.7. The molecule has 0 N–H and O–H groups in total. The fourth-order valence-electron chi connectivity index (χ4n) is 4.58. The molecule has 0 spiro atoms. The average molecular weight is 349 g/mol. The van der Waals surface area contributed by atoms with E-state index >= 15 is 0 Å². The van der Waals surface area contributed by atoms with Gasteiger partial charge in [-0.2, -0.15) is 0 Å². The van der Waals surface area contributed by atoms with Crippen molar-refractivity contribution in [3.8, 4) is 0 Å². The van der Waals surface area contributed by atoms with Gasteiger partial charge in [0.2, 0.25) is 0 Å². The van der Waals surface area contributed by atoms with Crippen LogP contribution in [-0.2, 0) is 6.42 Å². The molecule has 2 fully saturated rings. The van der Waals surface area contributed by atoms with Crippen LogP contribution < -0.4 is 0 Å². The van der Waals surface area contributed by atoms with E-state index in [0.29, 0.717) is 0 Å². The van der Waals surface area contributed by atoms with E-state index in [1.165, 1.54) is 80.7 Å². The monoisotopic (exact) mass is 348 g/mol. The minimum atomic E-state index is 0.994. The Morgan fingerprint density at radius 2 is 1.38 bits per heavy atom. The minimum absolute atomic E-state index is 0.994. The molecule has 0 aliphatic heterocycles. The van der Waals surface area contributed by atoms with Gasteiger partial charge >= 0.3 is 0 Å². The number of benzene rings is 1. The van der Waals surface area contributed by atoms with E-state index in [0.717, 1.165) is 17.8 Å². The molecule has 0 aromatic heterocycles. The van der Waals surface area contributed by atoms with Crippen molar-refractivity contribution in [3.63, 3.8) is 0 Å². The molecule has 2 saturated carbocycles. The fourth-order valence-corrected chi connectivity index (χ4v) is 4.84. The molecule has 0 saturated heterocycles. The van der Waals surface area contributed by atoms with Crippen LogP contribution in [0.25, 0.3) is 0 Å². The summed E-state index contributed by atoms with van der Waals surface area (Å²) in [7, 11) is 0. The molecule has 3 rings (SSSR count). The Bertz CT molecular complexity index is 408. The molecule has 1 aromatic rings. The molecule has 0 amide bonds. The maximum absolute atomic E-state index is 3.52. The second-order valence-electron chi connectivity index (χ2n) is 7.34. The Kier molecular flexibility index (Phi) is 5.80. The molecule has 2 aliphatic rings. The van der Waals surface area contributed by atoms with Gasteiger partial charge < -0.3 is 0 Å². The van der Waals surface area contributed by atoms with Crippen molar-refractivity contribution < 1.29 is 0 Å². The van der Waals surface area contributed by atoms with Gasteiger partial charge in [0.15, 0.2) is 0 Å². The lowest BCUT2D eigenvalue weighted by Crippen LogP contribution is -2.23. The second-order valence-corrected chi connectivity index (χ2v) is 8.26. The van der Waals surface area contributed by atoms with Gasteiger partial charge in [-0.15, -0.1) is 0 Å². The Morgan fingerprint density at radius 3 is 2.05 bits per heavy atom. The lowest BCUT2D eigenvalue weighted by molar-refractivity contribution is 0.163. The van der Waals surface area contributed by atoms with E-state index in [1.54, 1.807) is 0 Å². The Labute approximate surface area is 138 Å². The van der Waals surface area contributed by atoms with Gasteiger partial charge in [-0.05, 0) is 61.1 Å². The van der Waals surface area contributed by atoms with Crippen LogP contribution in [0.5, 0.6) is 0 Å². The number of hydrogen-bond donors (Lipinski definition) is 0. The zero-order valence-corrected chi connectivity index (χ0v) is 14.8. The van der Waals surface area contributed by atoms with Gasteiger partial charge in [0, 0.05) is 4.47 Å². The first kappa shape index (κ1) is 15.6. The van der Waals surface area contributed by atoms with Crippen LogP contribution in [0.2, 0.25) is 0 Å². The maximum Gasteiger partial charge on any atom is 0.0175 e. The molecule has 1 aromatic carbocycles. The van der Waals surface area contributed by atoms with Gasteiger partial charge in [-0.3, -0.25) is 0 Å². The molecular formula is C20H29Br. The van der Waals surface area contributed by atoms with Gasteiger partial charge in [0.1, 0.15) is 0 Å². The second kappa shape index (κ2) is 7.81. The molecule has 0 bridgehead atoms. The SMILES string of the molecule is Brc1ccc(CCC2CCC(C3CCCCC3)CC2)cc1. The largest absolute Gasteiger partial charge is 0.0579 e. The highest BCUT2D eigenvalue weighted by atomic mass is 79.9. The molecular weight excluding hydrogens is 320 g/mol. The average Bonchev–Trinajstić information content (AvgIpc) is 2.56. The molecule has 0 atom stereocenters. The first-order valence-corrected chi connectivity index (χ1v) is 9.85. The standard InChI is InChI=1S/C20H29Br/c21-20-14-10-17(11-15-20)7-6-16-8-12-19(13-9-16)18-4-2-1-3-5-18/h10-11,14-16,18-19H,1-9,12-13H2. The predicted molar refractivity (Wildman–Crippen MR) is 94.5 cm³/mol. The summed E-state index contributed by atoms with van der Waals surface area (Å²) in [6.07, 6.45) is 16.3. The van der Waals surface area contributed by atoms with Gasteiger partial charge in [-0.25, -0.2) is 0 Å². The van der Waals surface area contributed by atoms with E-state index in [2.05, 4.69) is 40.2 Å². The fraction of sp³-hybridized carbons (Fsp3) is 0.700. The van der Waals surface area contributed by atoms with Crippen LogP contribution in [0.4, 0.5) is 0 Å². The van der Waals surface area contributed by atoms with Crippen molar-refractivity contribution in [2.75, 3.05) is 0 Å². The summed E-state index contributed by atoms with van der Waals surface area (Å²) < 4.78 is 1.19. The Balaban J connectivity index is 1.40. The third-order valence-corrected chi connectivity index (χ3v) is 6.49. The summed E-state index contributed by atoms with van der Waals surface area (Å²) in [5, 5.41) is 0. The lowest BCUT2D eigenvalue weighted by atomic mass is 9.70. The van der Waals surface area contributed by atoms with E-state index in [4.69, 9.17) is 0 Å². The van der Waals surface area contributed by atoms with E-state index in [1.807, 2.05) is 0 Å².